The minimum atomic E-state index is -0.253. The number of rotatable bonds is 3. The second-order valence-corrected chi connectivity index (χ2v) is 4.43. The molecule has 0 aliphatic rings. The van der Waals surface area contributed by atoms with Gasteiger partial charge in [0.05, 0.1) is 5.69 Å². The molecular formula is C13H14N6O. The fourth-order valence-corrected chi connectivity index (χ4v) is 2.17. The topological polar surface area (TPSA) is 88.0 Å². The van der Waals surface area contributed by atoms with Crippen molar-refractivity contribution < 1.29 is 4.79 Å². The molecular weight excluding hydrogens is 256 g/mol. The number of hydrogen-bond donors (Lipinski definition) is 2. The highest BCUT2D eigenvalue weighted by molar-refractivity contribution is 6.03. The molecule has 0 aromatic carbocycles. The monoisotopic (exact) mass is 270 g/mol. The molecule has 7 heteroatoms. The van der Waals surface area contributed by atoms with Crippen LogP contribution in [-0.4, -0.2) is 30.5 Å². The third-order valence-corrected chi connectivity index (χ3v) is 3.11. The number of aryl methyl sites for hydroxylation is 2. The van der Waals surface area contributed by atoms with E-state index in [0.717, 1.165) is 16.9 Å². The van der Waals surface area contributed by atoms with E-state index in [-0.39, 0.29) is 5.91 Å². The predicted molar refractivity (Wildman–Crippen MR) is 73.6 cm³/mol. The first-order valence-electron chi connectivity index (χ1n) is 6.34. The van der Waals surface area contributed by atoms with Crippen LogP contribution in [0.3, 0.4) is 0 Å². The Morgan fingerprint density at radius 1 is 1.50 bits per heavy atom. The Morgan fingerprint density at radius 3 is 3.05 bits per heavy atom. The third kappa shape index (κ3) is 1.93. The third-order valence-electron chi connectivity index (χ3n) is 3.11. The van der Waals surface area contributed by atoms with Crippen LogP contribution >= 0.6 is 0 Å². The number of pyridine rings is 1. The molecule has 3 aromatic heterocycles. The number of H-pyrrole nitrogens is 1. The number of nitrogens with one attached hydrogen (secondary N) is 2. The van der Waals surface area contributed by atoms with Crippen molar-refractivity contribution in [2.24, 2.45) is 0 Å². The van der Waals surface area contributed by atoms with Crippen molar-refractivity contribution in [3.05, 3.63) is 41.6 Å². The van der Waals surface area contributed by atoms with E-state index in [9.17, 15) is 4.79 Å². The van der Waals surface area contributed by atoms with E-state index in [1.165, 1.54) is 6.33 Å². The van der Waals surface area contributed by atoms with Gasteiger partial charge in [0.25, 0.3) is 5.91 Å². The summed E-state index contributed by atoms with van der Waals surface area (Å²) in [6.07, 6.45) is 3.86. The second-order valence-electron chi connectivity index (χ2n) is 4.43. The van der Waals surface area contributed by atoms with Crippen LogP contribution in [0.15, 0.2) is 24.7 Å². The molecule has 0 bridgehead atoms. The lowest BCUT2D eigenvalue weighted by atomic mass is 10.2. The van der Waals surface area contributed by atoms with Gasteiger partial charge in [0.2, 0.25) is 5.95 Å². The van der Waals surface area contributed by atoms with Gasteiger partial charge in [0.15, 0.2) is 0 Å². The van der Waals surface area contributed by atoms with Crippen molar-refractivity contribution in [1.82, 2.24) is 24.6 Å². The van der Waals surface area contributed by atoms with Gasteiger partial charge < -0.3 is 0 Å². The summed E-state index contributed by atoms with van der Waals surface area (Å²) in [6, 6.07) is 3.87. The van der Waals surface area contributed by atoms with Crippen molar-refractivity contribution in [1.29, 1.82) is 0 Å². The summed E-state index contributed by atoms with van der Waals surface area (Å²) in [6.45, 7) is 3.95. The van der Waals surface area contributed by atoms with Crippen LogP contribution in [0.2, 0.25) is 0 Å². The number of aromatic amines is 1. The zero-order valence-corrected chi connectivity index (χ0v) is 11.2. The largest absolute Gasteiger partial charge is 0.295 e. The molecule has 0 fully saturated rings. The average Bonchev–Trinajstić information content (AvgIpc) is 3.05. The lowest BCUT2D eigenvalue weighted by Crippen LogP contribution is -2.17. The SMILES string of the molecule is CCc1nc2c(C)cccn2c1C(=O)Nc1ncn[nH]1. The molecule has 0 saturated heterocycles. The molecule has 2 N–H and O–H groups in total. The Morgan fingerprint density at radius 2 is 2.35 bits per heavy atom. The quantitative estimate of drug-likeness (QED) is 0.756. The second kappa shape index (κ2) is 4.76. The number of carbonyl (C=O) groups is 1. The summed E-state index contributed by atoms with van der Waals surface area (Å²) in [7, 11) is 0. The Kier molecular flexibility index (Phi) is 2.94. The van der Waals surface area contributed by atoms with Crippen molar-refractivity contribution in [3.8, 4) is 0 Å². The van der Waals surface area contributed by atoms with Gasteiger partial charge in [-0.3, -0.25) is 14.5 Å². The van der Waals surface area contributed by atoms with E-state index in [4.69, 9.17) is 0 Å². The molecule has 3 heterocycles. The molecule has 0 unspecified atom stereocenters. The van der Waals surface area contributed by atoms with Gasteiger partial charge in [0, 0.05) is 6.20 Å². The summed E-state index contributed by atoms with van der Waals surface area (Å²) in [5, 5.41) is 8.99. The van der Waals surface area contributed by atoms with Gasteiger partial charge in [-0.1, -0.05) is 13.0 Å². The van der Waals surface area contributed by atoms with Gasteiger partial charge >= 0.3 is 0 Å². The lowest BCUT2D eigenvalue weighted by Gasteiger charge is -2.04. The highest BCUT2D eigenvalue weighted by Crippen LogP contribution is 2.17. The maximum Gasteiger partial charge on any atom is 0.276 e. The van der Waals surface area contributed by atoms with E-state index in [1.807, 2.05) is 32.2 Å². The highest BCUT2D eigenvalue weighted by atomic mass is 16.2. The number of hydrogen-bond acceptors (Lipinski definition) is 4. The normalized spacial score (nSPS) is 10.9. The highest BCUT2D eigenvalue weighted by Gasteiger charge is 2.19. The maximum atomic E-state index is 12.4. The predicted octanol–water partition coefficient (Wildman–Crippen LogP) is 1.58. The number of carbonyl (C=O) groups excluding carboxylic acids is 1. The first kappa shape index (κ1) is 12.3. The number of anilines is 1. The van der Waals surface area contributed by atoms with E-state index >= 15 is 0 Å². The van der Waals surface area contributed by atoms with Crippen LogP contribution < -0.4 is 5.32 Å². The smallest absolute Gasteiger partial charge is 0.276 e. The first-order valence-corrected chi connectivity index (χ1v) is 6.34. The molecule has 20 heavy (non-hydrogen) atoms. The fraction of sp³-hybridized carbons (Fsp3) is 0.231. The molecule has 3 aromatic rings. The van der Waals surface area contributed by atoms with Crippen LogP contribution in [0.4, 0.5) is 5.95 Å². The first-order chi connectivity index (χ1) is 9.70. The Hall–Kier alpha value is -2.70. The van der Waals surface area contributed by atoms with Crippen molar-refractivity contribution >= 4 is 17.5 Å². The molecule has 3 rings (SSSR count). The number of imidazole rings is 1. The summed E-state index contributed by atoms with van der Waals surface area (Å²) in [4.78, 5) is 20.8. The van der Waals surface area contributed by atoms with E-state index in [0.29, 0.717) is 18.1 Å². The zero-order chi connectivity index (χ0) is 14.1. The number of nitrogens with zero attached hydrogens (tertiary/aromatic N) is 4. The van der Waals surface area contributed by atoms with Gasteiger partial charge in [-0.15, -0.1) is 0 Å². The van der Waals surface area contributed by atoms with Gasteiger partial charge in [-0.05, 0) is 25.0 Å². The molecule has 0 radical (unpaired) electrons. The zero-order valence-electron chi connectivity index (χ0n) is 11.2. The van der Waals surface area contributed by atoms with Gasteiger partial charge in [-0.2, -0.15) is 10.1 Å². The van der Waals surface area contributed by atoms with E-state index in [2.05, 4.69) is 25.5 Å². The summed E-state index contributed by atoms with van der Waals surface area (Å²) in [5.74, 6) is 0.0661. The van der Waals surface area contributed by atoms with E-state index in [1.54, 1.807) is 4.40 Å². The van der Waals surface area contributed by atoms with Crippen LogP contribution in [0.5, 0.6) is 0 Å². The molecule has 0 spiro atoms. The minimum absolute atomic E-state index is 0.253. The summed E-state index contributed by atoms with van der Waals surface area (Å²) < 4.78 is 1.81. The van der Waals surface area contributed by atoms with Crippen molar-refractivity contribution in [2.45, 2.75) is 20.3 Å². The van der Waals surface area contributed by atoms with Crippen LogP contribution in [0.1, 0.15) is 28.7 Å². The standard InChI is InChI=1S/C13H14N6O/c1-3-9-10(12(20)17-13-14-7-15-18-13)19-6-4-5-8(2)11(19)16-9/h4-7H,3H2,1-2H3,(H2,14,15,17,18,20). The fourth-order valence-electron chi connectivity index (χ4n) is 2.17. The van der Waals surface area contributed by atoms with Crippen LogP contribution in [-0.2, 0) is 6.42 Å². The summed E-state index contributed by atoms with van der Waals surface area (Å²) >= 11 is 0. The molecule has 102 valence electrons. The van der Waals surface area contributed by atoms with Crippen molar-refractivity contribution in [2.75, 3.05) is 5.32 Å². The number of fused-ring (bicyclic) bond motifs is 1. The molecule has 0 saturated carbocycles. The summed E-state index contributed by atoms with van der Waals surface area (Å²) in [5.41, 5.74) is 3.12. The van der Waals surface area contributed by atoms with Crippen LogP contribution in [0.25, 0.3) is 5.65 Å². The Labute approximate surface area is 115 Å². The Balaban J connectivity index is 2.09. The van der Waals surface area contributed by atoms with Crippen molar-refractivity contribution in [3.63, 3.8) is 0 Å². The molecule has 0 atom stereocenters. The molecule has 7 nitrogen and oxygen atoms in total. The molecule has 0 aliphatic carbocycles. The van der Waals surface area contributed by atoms with E-state index < -0.39 is 0 Å². The van der Waals surface area contributed by atoms with Gasteiger partial charge in [0.1, 0.15) is 17.7 Å². The Bertz CT molecular complexity index is 759. The number of aromatic nitrogens is 5. The molecule has 1 amide bonds. The molecule has 0 aliphatic heterocycles. The maximum absolute atomic E-state index is 12.4. The minimum Gasteiger partial charge on any atom is -0.295 e. The van der Waals surface area contributed by atoms with Gasteiger partial charge in [-0.25, -0.2) is 10.1 Å². The lowest BCUT2D eigenvalue weighted by molar-refractivity contribution is 0.101. The van der Waals surface area contributed by atoms with Crippen LogP contribution in [0, 0.1) is 6.92 Å². The average molecular weight is 270 g/mol. The number of amides is 1.